The zero-order chi connectivity index (χ0) is 14.0. The van der Waals surface area contributed by atoms with Gasteiger partial charge in [-0.05, 0) is 23.8 Å². The van der Waals surface area contributed by atoms with Crippen LogP contribution in [0.2, 0.25) is 20.1 Å². The van der Waals surface area contributed by atoms with E-state index in [4.69, 9.17) is 46.4 Å². The smallest absolute Gasteiger partial charge is 0.124 e. The van der Waals surface area contributed by atoms with Crippen molar-refractivity contribution in [3.8, 4) is 11.1 Å². The molecule has 98 valence electrons. The molecular formula is C14H8Cl4O. The van der Waals surface area contributed by atoms with Crippen LogP contribution in [0.25, 0.3) is 11.1 Å². The van der Waals surface area contributed by atoms with E-state index in [2.05, 4.69) is 0 Å². The molecule has 0 bridgehead atoms. The van der Waals surface area contributed by atoms with Gasteiger partial charge >= 0.3 is 0 Å². The van der Waals surface area contributed by atoms with Crippen molar-refractivity contribution in [3.05, 3.63) is 56.0 Å². The average Bonchev–Trinajstić information content (AvgIpc) is 2.35. The standard InChI is InChI=1S/C14H8Cl4O/c15-9-6-10(14(18)12(17)7-9)13-8(4-5-19)2-1-3-11(13)16/h1-3,5-7H,4H2. The fourth-order valence-electron chi connectivity index (χ4n) is 1.87. The van der Waals surface area contributed by atoms with Gasteiger partial charge in [-0.1, -0.05) is 58.5 Å². The van der Waals surface area contributed by atoms with E-state index >= 15 is 0 Å². The average molecular weight is 334 g/mol. The molecule has 0 atom stereocenters. The fourth-order valence-corrected chi connectivity index (χ4v) is 2.86. The molecule has 2 aromatic carbocycles. The Balaban J connectivity index is 2.74. The SMILES string of the molecule is O=CCc1cccc(Cl)c1-c1cc(Cl)cc(Cl)c1Cl. The maximum Gasteiger partial charge on any atom is 0.124 e. The molecule has 19 heavy (non-hydrogen) atoms. The Kier molecular flexibility index (Phi) is 4.75. The number of aldehydes is 1. The van der Waals surface area contributed by atoms with Gasteiger partial charge in [-0.15, -0.1) is 0 Å². The van der Waals surface area contributed by atoms with E-state index in [0.29, 0.717) is 31.2 Å². The summed E-state index contributed by atoms with van der Waals surface area (Å²) in [6.45, 7) is 0. The Morgan fingerprint density at radius 3 is 2.42 bits per heavy atom. The summed E-state index contributed by atoms with van der Waals surface area (Å²) < 4.78 is 0. The van der Waals surface area contributed by atoms with Crippen LogP contribution in [0, 0.1) is 0 Å². The van der Waals surface area contributed by atoms with Crippen molar-refractivity contribution >= 4 is 52.7 Å². The summed E-state index contributed by atoms with van der Waals surface area (Å²) in [5, 5.41) is 1.67. The summed E-state index contributed by atoms with van der Waals surface area (Å²) in [5.74, 6) is 0. The van der Waals surface area contributed by atoms with Gasteiger partial charge in [0.2, 0.25) is 0 Å². The lowest BCUT2D eigenvalue weighted by Crippen LogP contribution is -1.93. The van der Waals surface area contributed by atoms with E-state index in [-0.39, 0.29) is 6.42 Å². The molecule has 0 saturated heterocycles. The van der Waals surface area contributed by atoms with E-state index in [1.165, 1.54) is 0 Å². The highest BCUT2D eigenvalue weighted by Crippen LogP contribution is 2.41. The fraction of sp³-hybridized carbons (Fsp3) is 0.0714. The maximum absolute atomic E-state index is 10.8. The van der Waals surface area contributed by atoms with E-state index in [9.17, 15) is 4.79 Å². The minimum atomic E-state index is 0.246. The van der Waals surface area contributed by atoms with Crippen molar-refractivity contribution < 1.29 is 4.79 Å². The van der Waals surface area contributed by atoms with Gasteiger partial charge in [-0.3, -0.25) is 0 Å². The minimum absolute atomic E-state index is 0.246. The van der Waals surface area contributed by atoms with Gasteiger partial charge in [-0.25, -0.2) is 0 Å². The zero-order valence-electron chi connectivity index (χ0n) is 9.59. The lowest BCUT2D eigenvalue weighted by molar-refractivity contribution is -0.107. The Morgan fingerprint density at radius 2 is 1.74 bits per heavy atom. The van der Waals surface area contributed by atoms with Crippen molar-refractivity contribution in [1.82, 2.24) is 0 Å². The largest absolute Gasteiger partial charge is 0.303 e. The van der Waals surface area contributed by atoms with Crippen molar-refractivity contribution in [2.24, 2.45) is 0 Å². The topological polar surface area (TPSA) is 17.1 Å². The van der Waals surface area contributed by atoms with Gasteiger partial charge < -0.3 is 4.79 Å². The van der Waals surface area contributed by atoms with E-state index in [1.54, 1.807) is 24.3 Å². The van der Waals surface area contributed by atoms with Crippen LogP contribution >= 0.6 is 46.4 Å². The quantitative estimate of drug-likeness (QED) is 0.519. The first-order chi connectivity index (χ1) is 9.04. The van der Waals surface area contributed by atoms with Crippen LogP contribution in [0.3, 0.4) is 0 Å². The van der Waals surface area contributed by atoms with Gasteiger partial charge in [0.25, 0.3) is 0 Å². The molecule has 2 aromatic rings. The highest BCUT2D eigenvalue weighted by molar-refractivity contribution is 6.45. The highest BCUT2D eigenvalue weighted by atomic mass is 35.5. The van der Waals surface area contributed by atoms with Gasteiger partial charge in [0.1, 0.15) is 6.29 Å². The predicted molar refractivity (Wildman–Crippen MR) is 81.7 cm³/mol. The van der Waals surface area contributed by atoms with Crippen LogP contribution in [-0.2, 0) is 11.2 Å². The monoisotopic (exact) mass is 332 g/mol. The van der Waals surface area contributed by atoms with E-state index in [0.717, 1.165) is 11.8 Å². The van der Waals surface area contributed by atoms with Gasteiger partial charge in [-0.2, -0.15) is 0 Å². The van der Waals surface area contributed by atoms with Crippen LogP contribution in [0.5, 0.6) is 0 Å². The summed E-state index contributed by atoms with van der Waals surface area (Å²) >= 11 is 24.4. The summed E-state index contributed by atoms with van der Waals surface area (Å²) in [6.07, 6.45) is 1.06. The van der Waals surface area contributed by atoms with Crippen LogP contribution in [0.4, 0.5) is 0 Å². The maximum atomic E-state index is 10.8. The van der Waals surface area contributed by atoms with Gasteiger partial charge in [0.15, 0.2) is 0 Å². The predicted octanol–water partition coefficient (Wildman–Crippen LogP) is 5.71. The number of rotatable bonds is 3. The second-order valence-electron chi connectivity index (χ2n) is 3.89. The van der Waals surface area contributed by atoms with Crippen LogP contribution < -0.4 is 0 Å². The molecule has 0 spiro atoms. The molecule has 0 aliphatic rings. The van der Waals surface area contributed by atoms with Crippen molar-refractivity contribution in [1.29, 1.82) is 0 Å². The first-order valence-electron chi connectivity index (χ1n) is 5.40. The molecule has 0 amide bonds. The second kappa shape index (κ2) is 6.15. The molecule has 5 heteroatoms. The third-order valence-corrected chi connectivity index (χ3v) is 4.00. The molecule has 0 fully saturated rings. The van der Waals surface area contributed by atoms with Gasteiger partial charge in [0, 0.05) is 27.6 Å². The first-order valence-corrected chi connectivity index (χ1v) is 6.91. The number of hydrogen-bond acceptors (Lipinski definition) is 1. The lowest BCUT2D eigenvalue weighted by Gasteiger charge is -2.13. The molecule has 0 radical (unpaired) electrons. The van der Waals surface area contributed by atoms with Crippen molar-refractivity contribution in [2.45, 2.75) is 6.42 Å². The Bertz CT molecular complexity index is 638. The zero-order valence-corrected chi connectivity index (χ0v) is 12.6. The summed E-state index contributed by atoms with van der Waals surface area (Å²) in [4.78, 5) is 10.8. The molecule has 1 nitrogen and oxygen atoms in total. The van der Waals surface area contributed by atoms with Crippen molar-refractivity contribution in [2.75, 3.05) is 0 Å². The summed E-state index contributed by atoms with van der Waals surface area (Å²) in [5.41, 5.74) is 2.09. The molecule has 0 aromatic heterocycles. The van der Waals surface area contributed by atoms with E-state index in [1.807, 2.05) is 6.07 Å². The molecular weight excluding hydrogens is 326 g/mol. The molecule has 0 aliphatic carbocycles. The summed E-state index contributed by atoms with van der Waals surface area (Å²) in [7, 11) is 0. The number of hydrogen-bond donors (Lipinski definition) is 0. The third-order valence-electron chi connectivity index (χ3n) is 2.67. The molecule has 0 unspecified atom stereocenters. The Morgan fingerprint density at radius 1 is 1.00 bits per heavy atom. The van der Waals surface area contributed by atoms with Crippen LogP contribution in [0.15, 0.2) is 30.3 Å². The van der Waals surface area contributed by atoms with Gasteiger partial charge in [0.05, 0.1) is 10.0 Å². The molecule has 0 N–H and O–H groups in total. The Hall–Kier alpha value is -0.730. The number of carbonyl (C=O) groups is 1. The van der Waals surface area contributed by atoms with Crippen LogP contribution in [-0.4, -0.2) is 6.29 Å². The number of carbonyl (C=O) groups excluding carboxylic acids is 1. The molecule has 0 aliphatic heterocycles. The normalized spacial score (nSPS) is 10.5. The first kappa shape index (κ1) is 14.7. The van der Waals surface area contributed by atoms with E-state index < -0.39 is 0 Å². The van der Waals surface area contributed by atoms with Crippen LogP contribution in [0.1, 0.15) is 5.56 Å². The highest BCUT2D eigenvalue weighted by Gasteiger charge is 2.15. The number of halogens is 4. The molecule has 0 saturated carbocycles. The molecule has 0 heterocycles. The second-order valence-corrected chi connectivity index (χ2v) is 5.52. The summed E-state index contributed by atoms with van der Waals surface area (Å²) in [6, 6.07) is 8.58. The van der Waals surface area contributed by atoms with Crippen molar-refractivity contribution in [3.63, 3.8) is 0 Å². The lowest BCUT2D eigenvalue weighted by atomic mass is 9.98. The molecule has 2 rings (SSSR count). The third kappa shape index (κ3) is 3.06. The Labute approximate surface area is 131 Å². The minimum Gasteiger partial charge on any atom is -0.303 e. The number of benzene rings is 2.